The summed E-state index contributed by atoms with van der Waals surface area (Å²) in [6.45, 7) is 0. The molecule has 13 heavy (non-hydrogen) atoms. The fourth-order valence-electron chi connectivity index (χ4n) is 1.15. The first-order valence-corrected chi connectivity index (χ1v) is 3.83. The van der Waals surface area contributed by atoms with Gasteiger partial charge in [-0.25, -0.2) is 4.98 Å². The minimum absolute atomic E-state index is 0. The van der Waals surface area contributed by atoms with Crippen molar-refractivity contribution < 1.29 is 5.48 Å². The summed E-state index contributed by atoms with van der Waals surface area (Å²) >= 11 is 5.92. The lowest BCUT2D eigenvalue weighted by molar-refractivity contribution is 0.824. The van der Waals surface area contributed by atoms with Gasteiger partial charge in [-0.1, -0.05) is 11.6 Å². The first-order chi connectivity index (χ1) is 5.83. The normalized spacial score (nSPS) is 9.62. The van der Waals surface area contributed by atoms with Crippen LogP contribution in [0.4, 0.5) is 0 Å². The summed E-state index contributed by atoms with van der Waals surface area (Å²) in [6.07, 6.45) is 4.61. The zero-order valence-corrected chi connectivity index (χ0v) is 7.39. The van der Waals surface area contributed by atoms with Crippen molar-refractivity contribution in [1.82, 2.24) is 9.97 Å². The fraction of sp³-hybridized carbons (Fsp3) is 0. The van der Waals surface area contributed by atoms with Gasteiger partial charge in [0.1, 0.15) is 5.65 Å². The Bertz CT molecular complexity index is 438. The summed E-state index contributed by atoms with van der Waals surface area (Å²) in [5.41, 5.74) is 1.49. The van der Waals surface area contributed by atoms with Gasteiger partial charge in [0.15, 0.2) is 0 Å². The van der Waals surface area contributed by atoms with E-state index in [1.165, 1.54) is 6.21 Å². The number of aromatic amines is 1. The van der Waals surface area contributed by atoms with Gasteiger partial charge in [-0.2, -0.15) is 0 Å². The van der Waals surface area contributed by atoms with Gasteiger partial charge in [0.25, 0.3) is 0 Å². The largest absolute Gasteiger partial charge is 0.412 e. The number of H-pyrrole nitrogens is 1. The molecule has 2 aromatic heterocycles. The van der Waals surface area contributed by atoms with Crippen molar-refractivity contribution in [3.05, 3.63) is 29.0 Å². The van der Waals surface area contributed by atoms with Crippen molar-refractivity contribution >= 4 is 28.8 Å². The SMILES string of the molecule is N=Cc1c[nH]c2nccc(Cl)c12.O. The predicted molar refractivity (Wildman–Crippen MR) is 52.6 cm³/mol. The van der Waals surface area contributed by atoms with Crippen LogP contribution in [0.15, 0.2) is 18.5 Å². The van der Waals surface area contributed by atoms with Crippen LogP contribution in [-0.4, -0.2) is 21.7 Å². The maximum atomic E-state index is 7.11. The standard InChI is InChI=1S/C8H6ClN3.H2O/c9-6-1-2-11-8-7(6)5(3-10)4-12-8;/h1-4,10H,(H,11,12);1H2. The van der Waals surface area contributed by atoms with Crippen molar-refractivity contribution in [2.24, 2.45) is 0 Å². The van der Waals surface area contributed by atoms with Crippen molar-refractivity contribution in [2.75, 3.05) is 0 Å². The molecular weight excluding hydrogens is 190 g/mol. The molecule has 0 atom stereocenters. The van der Waals surface area contributed by atoms with Crippen LogP contribution in [-0.2, 0) is 0 Å². The lowest BCUT2D eigenvalue weighted by Gasteiger charge is -1.92. The van der Waals surface area contributed by atoms with Crippen LogP contribution in [0.1, 0.15) is 5.56 Å². The number of fused-ring (bicyclic) bond motifs is 1. The Morgan fingerprint density at radius 3 is 3.00 bits per heavy atom. The molecule has 2 aromatic rings. The molecule has 4 nitrogen and oxygen atoms in total. The second-order valence-electron chi connectivity index (χ2n) is 2.40. The highest BCUT2D eigenvalue weighted by Gasteiger charge is 2.04. The average molecular weight is 198 g/mol. The number of halogens is 1. The molecule has 0 bridgehead atoms. The Labute approximate surface area is 79.4 Å². The van der Waals surface area contributed by atoms with Gasteiger partial charge in [0.2, 0.25) is 0 Å². The van der Waals surface area contributed by atoms with E-state index >= 15 is 0 Å². The van der Waals surface area contributed by atoms with E-state index < -0.39 is 0 Å². The van der Waals surface area contributed by atoms with E-state index in [0.29, 0.717) is 5.02 Å². The molecule has 0 aliphatic carbocycles. The molecule has 0 spiro atoms. The Morgan fingerprint density at radius 1 is 1.54 bits per heavy atom. The predicted octanol–water partition coefficient (Wildman–Crippen LogP) is 1.39. The summed E-state index contributed by atoms with van der Waals surface area (Å²) in [7, 11) is 0. The smallest absolute Gasteiger partial charge is 0.139 e. The zero-order valence-electron chi connectivity index (χ0n) is 6.63. The lowest BCUT2D eigenvalue weighted by Crippen LogP contribution is -1.78. The minimum atomic E-state index is 0. The monoisotopic (exact) mass is 197 g/mol. The van der Waals surface area contributed by atoms with Gasteiger partial charge < -0.3 is 15.9 Å². The zero-order chi connectivity index (χ0) is 8.55. The third kappa shape index (κ3) is 1.41. The number of hydrogen-bond donors (Lipinski definition) is 2. The van der Waals surface area contributed by atoms with Crippen molar-refractivity contribution in [1.29, 1.82) is 5.41 Å². The summed E-state index contributed by atoms with van der Waals surface area (Å²) in [5.74, 6) is 0. The molecule has 0 aliphatic heterocycles. The third-order valence-electron chi connectivity index (χ3n) is 1.71. The van der Waals surface area contributed by atoms with E-state index in [2.05, 4.69) is 9.97 Å². The Balaban J connectivity index is 0.000000845. The van der Waals surface area contributed by atoms with Crippen LogP contribution < -0.4 is 0 Å². The summed E-state index contributed by atoms with van der Waals surface area (Å²) in [5, 5.41) is 8.55. The number of aromatic nitrogens is 2. The topological polar surface area (TPSA) is 84.0 Å². The molecule has 0 fully saturated rings. The Morgan fingerprint density at radius 2 is 2.31 bits per heavy atom. The van der Waals surface area contributed by atoms with E-state index in [1.807, 2.05) is 0 Å². The van der Waals surface area contributed by atoms with Gasteiger partial charge in [-0.05, 0) is 6.07 Å². The Hall–Kier alpha value is -1.39. The molecule has 0 radical (unpaired) electrons. The van der Waals surface area contributed by atoms with E-state index in [-0.39, 0.29) is 5.48 Å². The molecule has 0 aromatic carbocycles. The van der Waals surface area contributed by atoms with Crippen molar-refractivity contribution in [3.8, 4) is 0 Å². The highest BCUT2D eigenvalue weighted by molar-refractivity contribution is 6.36. The number of rotatable bonds is 1. The second kappa shape index (κ2) is 3.55. The first kappa shape index (κ1) is 9.70. The number of nitrogens with zero attached hydrogens (tertiary/aromatic N) is 1. The maximum absolute atomic E-state index is 7.11. The molecule has 0 aliphatic rings. The number of hydrogen-bond acceptors (Lipinski definition) is 2. The fourth-order valence-corrected chi connectivity index (χ4v) is 1.41. The van der Waals surface area contributed by atoms with Crippen LogP contribution >= 0.6 is 11.6 Å². The van der Waals surface area contributed by atoms with E-state index in [1.54, 1.807) is 18.5 Å². The molecule has 0 saturated carbocycles. The van der Waals surface area contributed by atoms with Crippen LogP contribution in [0.2, 0.25) is 5.02 Å². The average Bonchev–Trinajstić information content (AvgIpc) is 2.49. The number of pyridine rings is 1. The quantitative estimate of drug-likeness (QED) is 0.666. The van der Waals surface area contributed by atoms with Crippen LogP contribution in [0.3, 0.4) is 0 Å². The highest BCUT2D eigenvalue weighted by Crippen LogP contribution is 2.23. The van der Waals surface area contributed by atoms with Crippen molar-refractivity contribution in [3.63, 3.8) is 0 Å². The minimum Gasteiger partial charge on any atom is -0.412 e. The molecule has 0 amide bonds. The van der Waals surface area contributed by atoms with E-state index in [9.17, 15) is 0 Å². The first-order valence-electron chi connectivity index (χ1n) is 3.45. The molecule has 0 saturated heterocycles. The van der Waals surface area contributed by atoms with Crippen LogP contribution in [0.5, 0.6) is 0 Å². The van der Waals surface area contributed by atoms with E-state index in [4.69, 9.17) is 17.0 Å². The highest BCUT2D eigenvalue weighted by atomic mass is 35.5. The van der Waals surface area contributed by atoms with Crippen LogP contribution in [0.25, 0.3) is 11.0 Å². The molecule has 0 unspecified atom stereocenters. The van der Waals surface area contributed by atoms with E-state index in [0.717, 1.165) is 16.6 Å². The van der Waals surface area contributed by atoms with Gasteiger partial charge >= 0.3 is 0 Å². The maximum Gasteiger partial charge on any atom is 0.139 e. The summed E-state index contributed by atoms with van der Waals surface area (Å²) in [4.78, 5) is 7.00. The van der Waals surface area contributed by atoms with Crippen molar-refractivity contribution in [2.45, 2.75) is 0 Å². The third-order valence-corrected chi connectivity index (χ3v) is 2.02. The van der Waals surface area contributed by atoms with Gasteiger partial charge in [-0.3, -0.25) is 0 Å². The van der Waals surface area contributed by atoms with Gasteiger partial charge in [0.05, 0.1) is 5.02 Å². The van der Waals surface area contributed by atoms with Crippen LogP contribution in [0, 0.1) is 5.41 Å². The molecule has 5 heteroatoms. The number of nitrogens with one attached hydrogen (secondary N) is 2. The molecule has 2 heterocycles. The van der Waals surface area contributed by atoms with Gasteiger partial charge in [-0.15, -0.1) is 0 Å². The molecule has 2 rings (SSSR count). The molecular formula is C8H8ClN3O. The summed E-state index contributed by atoms with van der Waals surface area (Å²) < 4.78 is 0. The Kier molecular flexibility index (Phi) is 2.65. The second-order valence-corrected chi connectivity index (χ2v) is 2.81. The summed E-state index contributed by atoms with van der Waals surface area (Å²) in [6, 6.07) is 1.71. The molecule has 68 valence electrons. The van der Waals surface area contributed by atoms with Gasteiger partial charge in [0, 0.05) is 29.6 Å². The lowest BCUT2D eigenvalue weighted by atomic mass is 10.2. The molecule has 4 N–H and O–H groups in total.